The van der Waals surface area contributed by atoms with Crippen molar-refractivity contribution in [3.8, 4) is 0 Å². The molecule has 1 aromatic carbocycles. The van der Waals surface area contributed by atoms with Crippen LogP contribution >= 0.6 is 11.6 Å². The molecule has 10 heteroatoms. The average Bonchev–Trinajstić information content (AvgIpc) is 2.61. The molecular formula is C20H28ClN3O5S. The Morgan fingerprint density at radius 1 is 1.13 bits per heavy atom. The van der Waals surface area contributed by atoms with Crippen LogP contribution in [0.25, 0.3) is 0 Å². The van der Waals surface area contributed by atoms with Gasteiger partial charge in [0, 0.05) is 30.6 Å². The van der Waals surface area contributed by atoms with Crippen LogP contribution < -0.4 is 10.0 Å². The number of nitrogens with one attached hydrogen (secondary N) is 2. The summed E-state index contributed by atoms with van der Waals surface area (Å²) in [4.78, 5) is 36.9. The number of anilines is 1. The van der Waals surface area contributed by atoms with Gasteiger partial charge in [-0.15, -0.1) is 0 Å². The highest BCUT2D eigenvalue weighted by molar-refractivity contribution is 7.90. The molecule has 1 fully saturated rings. The van der Waals surface area contributed by atoms with Crippen molar-refractivity contribution in [1.82, 2.24) is 9.62 Å². The zero-order valence-corrected chi connectivity index (χ0v) is 19.4. The highest BCUT2D eigenvalue weighted by Gasteiger charge is 2.37. The molecule has 0 saturated carbocycles. The number of piperidine rings is 1. The largest absolute Gasteiger partial charge is 0.332 e. The Kier molecular flexibility index (Phi) is 7.52. The minimum atomic E-state index is -4.10. The van der Waals surface area contributed by atoms with E-state index in [4.69, 9.17) is 11.6 Å². The summed E-state index contributed by atoms with van der Waals surface area (Å²) >= 11 is 6.22. The van der Waals surface area contributed by atoms with E-state index in [-0.39, 0.29) is 31.2 Å². The fourth-order valence-corrected chi connectivity index (χ4v) is 4.91. The van der Waals surface area contributed by atoms with E-state index in [2.05, 4.69) is 5.32 Å². The molecular weight excluding hydrogens is 430 g/mol. The third kappa shape index (κ3) is 5.51. The van der Waals surface area contributed by atoms with Gasteiger partial charge in [0.15, 0.2) is 0 Å². The van der Waals surface area contributed by atoms with Gasteiger partial charge >= 0.3 is 6.03 Å². The number of carbonyl (C=O) groups excluding carboxylic acids is 3. The van der Waals surface area contributed by atoms with Crippen molar-refractivity contribution in [3.05, 3.63) is 28.3 Å². The highest BCUT2D eigenvalue weighted by atomic mass is 35.5. The lowest BCUT2D eigenvalue weighted by atomic mass is 9.92. The van der Waals surface area contributed by atoms with Crippen molar-refractivity contribution in [2.24, 2.45) is 0 Å². The number of benzene rings is 1. The van der Waals surface area contributed by atoms with Crippen molar-refractivity contribution in [1.29, 1.82) is 0 Å². The molecule has 2 N–H and O–H groups in total. The summed E-state index contributed by atoms with van der Waals surface area (Å²) in [7, 11) is -4.10. The number of rotatable bonds is 5. The van der Waals surface area contributed by atoms with E-state index in [0.717, 1.165) is 16.0 Å². The van der Waals surface area contributed by atoms with E-state index in [1.54, 1.807) is 12.1 Å². The molecule has 0 aromatic heterocycles. The molecule has 8 nitrogen and oxygen atoms in total. The molecule has 166 valence electrons. The van der Waals surface area contributed by atoms with Gasteiger partial charge in [-0.05, 0) is 41.5 Å². The molecule has 1 aromatic rings. The topological polar surface area (TPSA) is 113 Å². The van der Waals surface area contributed by atoms with E-state index < -0.39 is 33.1 Å². The van der Waals surface area contributed by atoms with E-state index in [0.29, 0.717) is 10.7 Å². The Labute approximate surface area is 182 Å². The average molecular weight is 458 g/mol. The SMILES string of the molecule is CC(=O)N1CC(S(=O)(=O)NC(=O)Nc2c(C(C)C)cc(Cl)cc2C(C)C)CCC1=O. The van der Waals surface area contributed by atoms with Crippen LogP contribution in [0.2, 0.25) is 5.02 Å². The molecule has 1 aliphatic heterocycles. The maximum absolute atomic E-state index is 12.7. The lowest BCUT2D eigenvalue weighted by molar-refractivity contribution is -0.145. The van der Waals surface area contributed by atoms with Crippen molar-refractivity contribution in [3.63, 3.8) is 0 Å². The second-order valence-electron chi connectivity index (χ2n) is 8.05. The van der Waals surface area contributed by atoms with Gasteiger partial charge in [0.1, 0.15) is 0 Å². The van der Waals surface area contributed by atoms with Crippen LogP contribution in [0.15, 0.2) is 12.1 Å². The minimum Gasteiger partial charge on any atom is -0.307 e. The number of sulfonamides is 1. The van der Waals surface area contributed by atoms with Gasteiger partial charge < -0.3 is 5.32 Å². The van der Waals surface area contributed by atoms with Crippen LogP contribution in [-0.4, -0.2) is 43.0 Å². The molecule has 0 spiro atoms. The van der Waals surface area contributed by atoms with Crippen LogP contribution in [0.4, 0.5) is 10.5 Å². The zero-order valence-electron chi connectivity index (χ0n) is 17.8. The number of nitrogens with zero attached hydrogens (tertiary/aromatic N) is 1. The van der Waals surface area contributed by atoms with Crippen molar-refractivity contribution in [2.75, 3.05) is 11.9 Å². The number of amides is 4. The number of hydrogen-bond acceptors (Lipinski definition) is 5. The fraction of sp³-hybridized carbons (Fsp3) is 0.550. The first-order valence-corrected chi connectivity index (χ1v) is 11.7. The second-order valence-corrected chi connectivity index (χ2v) is 10.5. The molecule has 1 heterocycles. The van der Waals surface area contributed by atoms with E-state index >= 15 is 0 Å². The summed E-state index contributed by atoms with van der Waals surface area (Å²) < 4.78 is 27.5. The number of likely N-dealkylation sites (tertiary alicyclic amines) is 1. The molecule has 4 amide bonds. The summed E-state index contributed by atoms with van der Waals surface area (Å²) in [5.41, 5.74) is 2.12. The number of urea groups is 1. The van der Waals surface area contributed by atoms with Gasteiger partial charge in [-0.1, -0.05) is 39.3 Å². The molecule has 0 bridgehead atoms. The van der Waals surface area contributed by atoms with Crippen LogP contribution in [0.3, 0.4) is 0 Å². The number of halogens is 1. The van der Waals surface area contributed by atoms with Crippen LogP contribution in [0.5, 0.6) is 0 Å². The summed E-state index contributed by atoms with van der Waals surface area (Å²) in [5, 5.41) is 2.16. The molecule has 2 rings (SSSR count). The Balaban J connectivity index is 2.25. The van der Waals surface area contributed by atoms with E-state index in [9.17, 15) is 22.8 Å². The fourth-order valence-electron chi connectivity index (χ4n) is 3.43. The lowest BCUT2D eigenvalue weighted by Gasteiger charge is -2.30. The van der Waals surface area contributed by atoms with E-state index in [1.165, 1.54) is 6.92 Å². The molecule has 1 atom stereocenters. The van der Waals surface area contributed by atoms with Gasteiger partial charge in [-0.3, -0.25) is 14.5 Å². The smallest absolute Gasteiger partial charge is 0.307 e. The molecule has 0 radical (unpaired) electrons. The third-order valence-electron chi connectivity index (χ3n) is 5.07. The Morgan fingerprint density at radius 2 is 1.67 bits per heavy atom. The molecule has 1 saturated heterocycles. The summed E-state index contributed by atoms with van der Waals surface area (Å²) in [6, 6.07) is 2.60. The highest BCUT2D eigenvalue weighted by Crippen LogP contribution is 2.35. The monoisotopic (exact) mass is 457 g/mol. The first-order chi connectivity index (χ1) is 13.8. The molecule has 1 aliphatic rings. The van der Waals surface area contributed by atoms with Crippen molar-refractivity contribution >= 4 is 45.2 Å². The standard InChI is InChI=1S/C20H28ClN3O5S/c1-11(2)16-8-14(21)9-17(12(3)4)19(16)22-20(27)23-30(28,29)15-6-7-18(26)24(10-15)13(5)25/h8-9,11-12,15H,6-7,10H2,1-5H3,(H2,22,23,27). The summed E-state index contributed by atoms with van der Waals surface area (Å²) in [5.74, 6) is -0.848. The third-order valence-corrected chi connectivity index (χ3v) is 7.02. The zero-order chi connectivity index (χ0) is 22.8. The van der Waals surface area contributed by atoms with E-state index in [1.807, 2.05) is 32.4 Å². The molecule has 0 aliphatic carbocycles. The number of hydrogen-bond donors (Lipinski definition) is 2. The molecule has 30 heavy (non-hydrogen) atoms. The first-order valence-electron chi connectivity index (χ1n) is 9.80. The van der Waals surface area contributed by atoms with Gasteiger partial charge in [-0.25, -0.2) is 17.9 Å². The Morgan fingerprint density at radius 3 is 2.13 bits per heavy atom. The minimum absolute atomic E-state index is 0.0423. The van der Waals surface area contributed by atoms with Gasteiger partial charge in [0.05, 0.1) is 5.25 Å². The second kappa shape index (κ2) is 9.34. The van der Waals surface area contributed by atoms with Gasteiger partial charge in [-0.2, -0.15) is 0 Å². The van der Waals surface area contributed by atoms with Crippen molar-refractivity contribution < 1.29 is 22.8 Å². The van der Waals surface area contributed by atoms with Gasteiger partial charge in [0.2, 0.25) is 21.8 Å². The predicted molar refractivity (Wildman–Crippen MR) is 116 cm³/mol. The normalized spacial score (nSPS) is 17.4. The van der Waals surface area contributed by atoms with Crippen molar-refractivity contribution in [2.45, 2.75) is 64.5 Å². The first kappa shape index (κ1) is 24.1. The van der Waals surface area contributed by atoms with Crippen LogP contribution in [0.1, 0.15) is 70.4 Å². The Bertz CT molecular complexity index is 930. The van der Waals surface area contributed by atoms with Crippen LogP contribution in [-0.2, 0) is 19.6 Å². The quantitative estimate of drug-likeness (QED) is 0.701. The summed E-state index contributed by atoms with van der Waals surface area (Å²) in [6.45, 7) is 8.73. The van der Waals surface area contributed by atoms with Crippen LogP contribution in [0, 0.1) is 0 Å². The lowest BCUT2D eigenvalue weighted by Crippen LogP contribution is -2.51. The predicted octanol–water partition coefficient (Wildman–Crippen LogP) is 3.58. The summed E-state index contributed by atoms with van der Waals surface area (Å²) in [6.07, 6.45) is -0.0282. The number of carbonyl (C=O) groups is 3. The Hall–Kier alpha value is -2.13. The maximum atomic E-state index is 12.7. The maximum Gasteiger partial charge on any atom is 0.332 e. The number of imide groups is 1. The molecule has 1 unspecified atom stereocenters. The van der Waals surface area contributed by atoms with Gasteiger partial charge in [0.25, 0.3) is 0 Å².